The van der Waals surface area contributed by atoms with Gasteiger partial charge in [-0.2, -0.15) is 0 Å². The molecule has 12 heteroatoms. The molecule has 3 heterocycles. The van der Waals surface area contributed by atoms with Crippen LogP contribution in [0.15, 0.2) is 77.2 Å². The standard InChI is InChI=1S/C40H45N5O7/c1-5-41(6-2)27-13-15-31-33(25-27)51-34-26-28(42(7-3)8-4)14-16-32(34)39(31)29-11-9-10-12-30(29)40(50)44-23-21-43(22-24-44)35(46)19-20-38(49)52-45-36(47)17-18-37(45)48/h9-18,25-26,50H,5-8,19-24H2,1-4H3/p+1. The van der Waals surface area contributed by atoms with Crippen LogP contribution in [0.4, 0.5) is 5.69 Å². The lowest BCUT2D eigenvalue weighted by Crippen LogP contribution is -2.50. The molecule has 0 unspecified atom stereocenters. The number of piperazine rings is 1. The minimum absolute atomic E-state index is 0.108. The zero-order chi connectivity index (χ0) is 36.9. The third-order valence-electron chi connectivity index (χ3n) is 9.83. The molecule has 2 aliphatic heterocycles. The fraction of sp³-hybridized carbons (Fsp3) is 0.350. The van der Waals surface area contributed by atoms with Gasteiger partial charge in [-0.05, 0) is 57.5 Å². The molecule has 1 aromatic heterocycles. The predicted octanol–water partition coefficient (Wildman–Crippen LogP) is 4.80. The van der Waals surface area contributed by atoms with Gasteiger partial charge >= 0.3 is 5.97 Å². The Labute approximate surface area is 302 Å². The molecule has 0 saturated carbocycles. The van der Waals surface area contributed by atoms with Gasteiger partial charge in [0.2, 0.25) is 23.0 Å². The number of aromatic nitrogens is 1. The fourth-order valence-corrected chi connectivity index (χ4v) is 6.96. The van der Waals surface area contributed by atoms with Crippen molar-refractivity contribution in [3.8, 4) is 34.2 Å². The first-order valence-corrected chi connectivity index (χ1v) is 18.0. The van der Waals surface area contributed by atoms with Crippen molar-refractivity contribution < 1.29 is 33.9 Å². The first kappa shape index (κ1) is 36.0. The van der Waals surface area contributed by atoms with Crippen LogP contribution in [-0.2, 0) is 9.59 Å². The van der Waals surface area contributed by atoms with E-state index in [0.717, 1.165) is 70.6 Å². The number of anilines is 1. The molecule has 0 atom stereocenters. The maximum absolute atomic E-state index is 14.3. The Hall–Kier alpha value is -5.78. The average Bonchev–Trinajstić information content (AvgIpc) is 3.48. The van der Waals surface area contributed by atoms with Gasteiger partial charge in [-0.25, -0.2) is 9.37 Å². The summed E-state index contributed by atoms with van der Waals surface area (Å²) in [5.74, 6) is -1.27. The van der Waals surface area contributed by atoms with E-state index in [2.05, 4.69) is 73.6 Å². The number of carbonyl (C=O) groups excluding carboxylic acids is 3. The maximum atomic E-state index is 14.3. The number of hydrogen-bond donors (Lipinski definition) is 2. The van der Waals surface area contributed by atoms with Gasteiger partial charge in [0.15, 0.2) is 0 Å². The Bertz CT molecular complexity index is 2110. The van der Waals surface area contributed by atoms with Crippen LogP contribution in [0.3, 0.4) is 0 Å². The van der Waals surface area contributed by atoms with E-state index >= 15 is 0 Å². The number of carbonyl (C=O) groups is 3. The Morgan fingerprint density at radius 1 is 0.788 bits per heavy atom. The Morgan fingerprint density at radius 2 is 1.46 bits per heavy atom. The first-order valence-electron chi connectivity index (χ1n) is 18.0. The minimum Gasteiger partial charge on any atom is -0.492 e. The molecule has 2 aromatic carbocycles. The maximum Gasteiger partial charge on any atom is 0.333 e. The largest absolute Gasteiger partial charge is 0.492 e. The summed E-state index contributed by atoms with van der Waals surface area (Å²) in [7, 11) is 0. The van der Waals surface area contributed by atoms with Gasteiger partial charge in [-0.3, -0.25) is 9.59 Å². The van der Waals surface area contributed by atoms with Crippen LogP contribution in [-0.4, -0.2) is 94.9 Å². The van der Waals surface area contributed by atoms with E-state index in [0.29, 0.717) is 36.5 Å². The molecule has 2 N–H and O–H groups in total. The van der Waals surface area contributed by atoms with E-state index in [1.165, 1.54) is 12.1 Å². The van der Waals surface area contributed by atoms with Crippen LogP contribution in [0.5, 0.6) is 11.8 Å². The lowest BCUT2D eigenvalue weighted by atomic mass is 9.90. The number of benzene rings is 3. The predicted molar refractivity (Wildman–Crippen MR) is 199 cm³/mol. The summed E-state index contributed by atoms with van der Waals surface area (Å²) in [6.45, 7) is 13.3. The molecular weight excluding hydrogens is 662 g/mol. The highest BCUT2D eigenvalue weighted by Crippen LogP contribution is 2.42. The second-order valence-electron chi connectivity index (χ2n) is 12.7. The smallest absolute Gasteiger partial charge is 0.333 e. The summed E-state index contributed by atoms with van der Waals surface area (Å²) < 4.78 is 9.52. The van der Waals surface area contributed by atoms with Gasteiger partial charge in [0, 0.05) is 97.7 Å². The zero-order valence-electron chi connectivity index (χ0n) is 30.2. The van der Waals surface area contributed by atoms with E-state index in [1.807, 2.05) is 24.3 Å². The molecule has 1 saturated heterocycles. The molecule has 272 valence electrons. The lowest BCUT2D eigenvalue weighted by molar-refractivity contribution is -0.147. The molecule has 0 bridgehead atoms. The third kappa shape index (κ3) is 7.19. The molecule has 1 fully saturated rings. The third-order valence-corrected chi connectivity index (χ3v) is 9.83. The van der Waals surface area contributed by atoms with Crippen molar-refractivity contribution in [3.05, 3.63) is 83.7 Å². The van der Waals surface area contributed by atoms with Crippen LogP contribution >= 0.6 is 0 Å². The zero-order valence-corrected chi connectivity index (χ0v) is 30.2. The molecule has 12 nitrogen and oxygen atoms in total. The molecule has 3 aliphatic rings. The van der Waals surface area contributed by atoms with Gasteiger partial charge in [0.1, 0.15) is 24.4 Å². The molecule has 6 rings (SSSR count). The van der Waals surface area contributed by atoms with Crippen molar-refractivity contribution in [2.75, 3.05) is 57.3 Å². The fourth-order valence-electron chi connectivity index (χ4n) is 6.96. The van der Waals surface area contributed by atoms with Crippen molar-refractivity contribution in [2.24, 2.45) is 0 Å². The number of hydrogen-bond acceptors (Lipinski definition) is 8. The van der Waals surface area contributed by atoms with Gasteiger partial charge in [0.05, 0.1) is 12.5 Å². The monoisotopic (exact) mass is 708 g/mol. The second-order valence-corrected chi connectivity index (χ2v) is 12.7. The minimum atomic E-state index is -0.775. The first-order chi connectivity index (χ1) is 25.2. The molecule has 2 amide bonds. The van der Waals surface area contributed by atoms with E-state index in [-0.39, 0.29) is 24.7 Å². The summed E-state index contributed by atoms with van der Waals surface area (Å²) >= 11 is 0. The molecule has 3 aromatic rings. The summed E-state index contributed by atoms with van der Waals surface area (Å²) in [6.07, 6.45) is -0.343. The van der Waals surface area contributed by atoms with E-state index < -0.39 is 17.7 Å². The number of rotatable bonds is 11. The van der Waals surface area contributed by atoms with Crippen molar-refractivity contribution in [3.63, 3.8) is 0 Å². The Morgan fingerprint density at radius 3 is 2.13 bits per heavy atom. The number of nitrogens with zero attached hydrogens (tertiary/aromatic N) is 5. The van der Waals surface area contributed by atoms with Crippen LogP contribution in [0.2, 0.25) is 0 Å². The van der Waals surface area contributed by atoms with Gasteiger partial charge in [0.25, 0.3) is 5.91 Å². The van der Waals surface area contributed by atoms with E-state index in [4.69, 9.17) is 9.25 Å². The number of amides is 2. The molecule has 0 spiro atoms. The van der Waals surface area contributed by atoms with E-state index in [9.17, 15) is 24.6 Å². The van der Waals surface area contributed by atoms with Crippen molar-refractivity contribution in [1.82, 2.24) is 19.1 Å². The molecule has 0 radical (unpaired) electrons. The highest BCUT2D eigenvalue weighted by Gasteiger charge is 2.29. The quantitative estimate of drug-likeness (QED) is 0.148. The molecule has 1 aliphatic carbocycles. The van der Waals surface area contributed by atoms with E-state index in [1.54, 1.807) is 9.80 Å². The lowest BCUT2D eigenvalue weighted by Gasteiger charge is -2.35. The van der Waals surface area contributed by atoms with Crippen molar-refractivity contribution >= 4 is 34.4 Å². The summed E-state index contributed by atoms with van der Waals surface area (Å²) in [4.78, 5) is 50.2. The Kier molecular flexibility index (Phi) is 10.8. The van der Waals surface area contributed by atoms with Crippen LogP contribution in [0, 0.1) is 0 Å². The second kappa shape index (κ2) is 15.6. The van der Waals surface area contributed by atoms with Crippen molar-refractivity contribution in [1.29, 1.82) is 0 Å². The van der Waals surface area contributed by atoms with Crippen LogP contribution in [0.25, 0.3) is 33.4 Å². The summed E-state index contributed by atoms with van der Waals surface area (Å²) in [5.41, 5.74) is 5.02. The number of aromatic hydroxyl groups is 2. The topological polar surface area (TPSA) is 132 Å². The Balaban J connectivity index is 1.27. The average molecular weight is 709 g/mol. The normalized spacial score (nSPS) is 13.1. The summed E-state index contributed by atoms with van der Waals surface area (Å²) in [5, 5.41) is 21.4. The molecule has 52 heavy (non-hydrogen) atoms. The van der Waals surface area contributed by atoms with Crippen LogP contribution in [0.1, 0.15) is 50.9 Å². The van der Waals surface area contributed by atoms with Gasteiger partial charge < -0.3 is 34.2 Å². The SMILES string of the molecule is CCN(CC)c1ccc2c(-c3ccccc3C(=O)N3CCN(C(=O)CCC(=O)On4c(O)ccc4O)CC3)c3ccc(=[N+](CC)CC)cc-3oc2c1. The van der Waals surface area contributed by atoms with Gasteiger partial charge in [-0.1, -0.05) is 18.2 Å². The highest BCUT2D eigenvalue weighted by molar-refractivity contribution is 6.09. The van der Waals surface area contributed by atoms with Crippen molar-refractivity contribution in [2.45, 2.75) is 40.5 Å². The summed E-state index contributed by atoms with van der Waals surface area (Å²) in [6, 6.07) is 22.6. The number of fused-ring (bicyclic) bond motifs is 2. The molecular formula is C40H46N5O7+. The highest BCUT2D eigenvalue weighted by atomic mass is 16.7. The van der Waals surface area contributed by atoms with Crippen LogP contribution < -0.4 is 19.7 Å². The van der Waals surface area contributed by atoms with Gasteiger partial charge in [-0.15, -0.1) is 4.73 Å².